The zero-order valence-electron chi connectivity index (χ0n) is 12.2. The zero-order chi connectivity index (χ0) is 14.3. The van der Waals surface area contributed by atoms with Crippen molar-refractivity contribution in [3.8, 4) is 0 Å². The predicted molar refractivity (Wildman–Crippen MR) is 80.5 cm³/mol. The molecular formula is C15H25N3O. The fraction of sp³-hybridized carbons (Fsp3) is 0.533. The lowest BCUT2D eigenvalue weighted by Crippen LogP contribution is -2.44. The molecule has 1 aromatic carbocycles. The maximum Gasteiger partial charge on any atom is 0.324 e. The Morgan fingerprint density at radius 2 is 1.95 bits per heavy atom. The topological polar surface area (TPSA) is 49.6 Å². The minimum atomic E-state index is 0.0593. The third-order valence-electron chi connectivity index (χ3n) is 3.16. The highest BCUT2D eigenvalue weighted by Gasteiger charge is 2.19. The first-order valence-electron chi connectivity index (χ1n) is 6.97. The number of hydrogen-bond donors (Lipinski definition) is 1. The number of amides is 2. The molecule has 106 valence electrons. The summed E-state index contributed by atoms with van der Waals surface area (Å²) in [4.78, 5) is 16.2. The van der Waals surface area contributed by atoms with Gasteiger partial charge in [0.1, 0.15) is 0 Å². The highest BCUT2D eigenvalue weighted by Crippen LogP contribution is 2.18. The Morgan fingerprint density at radius 1 is 1.26 bits per heavy atom. The molecule has 0 fully saturated rings. The fourth-order valence-corrected chi connectivity index (χ4v) is 2.05. The molecule has 0 bridgehead atoms. The van der Waals surface area contributed by atoms with Gasteiger partial charge in [0.05, 0.1) is 0 Å². The molecule has 1 aromatic rings. The van der Waals surface area contributed by atoms with Crippen LogP contribution < -0.4 is 10.6 Å². The second kappa shape index (κ2) is 7.79. The number of carbonyl (C=O) groups excluding carboxylic acids is 1. The molecule has 0 aromatic heterocycles. The van der Waals surface area contributed by atoms with E-state index < -0.39 is 0 Å². The minimum Gasteiger partial charge on any atom is -0.330 e. The monoisotopic (exact) mass is 263 g/mol. The molecule has 0 saturated heterocycles. The smallest absolute Gasteiger partial charge is 0.324 e. The Balaban J connectivity index is 2.96. The van der Waals surface area contributed by atoms with Crippen LogP contribution in [0, 0.1) is 6.92 Å². The van der Waals surface area contributed by atoms with E-state index in [2.05, 4.69) is 0 Å². The predicted octanol–water partition coefficient (Wildman–Crippen LogP) is 2.61. The summed E-state index contributed by atoms with van der Waals surface area (Å²) in [5, 5.41) is 0. The van der Waals surface area contributed by atoms with Crippen LogP contribution in [-0.2, 0) is 0 Å². The molecule has 0 aliphatic carbocycles. The van der Waals surface area contributed by atoms with Crippen molar-refractivity contribution in [2.24, 2.45) is 5.73 Å². The highest BCUT2D eigenvalue weighted by atomic mass is 16.2. The van der Waals surface area contributed by atoms with Gasteiger partial charge in [-0.05, 0) is 51.4 Å². The molecule has 0 radical (unpaired) electrons. The van der Waals surface area contributed by atoms with Crippen LogP contribution in [0.1, 0.15) is 25.8 Å². The van der Waals surface area contributed by atoms with Gasteiger partial charge in [-0.1, -0.05) is 12.1 Å². The van der Waals surface area contributed by atoms with E-state index in [1.807, 2.05) is 54.8 Å². The average molecular weight is 263 g/mol. The van der Waals surface area contributed by atoms with Gasteiger partial charge in [-0.25, -0.2) is 4.79 Å². The van der Waals surface area contributed by atoms with Crippen molar-refractivity contribution in [3.63, 3.8) is 0 Å². The van der Waals surface area contributed by atoms with E-state index in [1.165, 1.54) is 0 Å². The summed E-state index contributed by atoms with van der Waals surface area (Å²) in [6.45, 7) is 8.73. The normalized spacial score (nSPS) is 10.3. The number of aryl methyl sites for hydroxylation is 1. The van der Waals surface area contributed by atoms with Gasteiger partial charge in [-0.2, -0.15) is 0 Å². The molecule has 19 heavy (non-hydrogen) atoms. The van der Waals surface area contributed by atoms with E-state index in [9.17, 15) is 4.79 Å². The molecule has 2 N–H and O–H groups in total. The van der Waals surface area contributed by atoms with E-state index in [0.29, 0.717) is 13.1 Å². The third kappa shape index (κ3) is 4.24. The number of nitrogens with zero attached hydrogens (tertiary/aromatic N) is 2. The van der Waals surface area contributed by atoms with Gasteiger partial charge < -0.3 is 10.6 Å². The number of anilines is 1. The van der Waals surface area contributed by atoms with Crippen LogP contribution in [-0.4, -0.2) is 37.1 Å². The van der Waals surface area contributed by atoms with Crippen molar-refractivity contribution >= 4 is 11.7 Å². The van der Waals surface area contributed by atoms with Crippen molar-refractivity contribution in [1.82, 2.24) is 4.90 Å². The summed E-state index contributed by atoms with van der Waals surface area (Å²) < 4.78 is 0. The first-order chi connectivity index (χ1) is 9.13. The van der Waals surface area contributed by atoms with Crippen LogP contribution in [0.5, 0.6) is 0 Å². The van der Waals surface area contributed by atoms with Gasteiger partial charge in [0, 0.05) is 25.3 Å². The molecule has 0 spiro atoms. The SMILES string of the molecule is CCN(CC)C(=O)N(CCCN)c1cccc(C)c1. The lowest BCUT2D eigenvalue weighted by atomic mass is 10.2. The Morgan fingerprint density at radius 3 is 2.47 bits per heavy atom. The lowest BCUT2D eigenvalue weighted by Gasteiger charge is -2.29. The van der Waals surface area contributed by atoms with Gasteiger partial charge in [-0.3, -0.25) is 4.90 Å². The lowest BCUT2D eigenvalue weighted by molar-refractivity contribution is 0.210. The van der Waals surface area contributed by atoms with E-state index in [-0.39, 0.29) is 6.03 Å². The highest BCUT2D eigenvalue weighted by molar-refractivity contribution is 5.92. The van der Waals surface area contributed by atoms with E-state index in [0.717, 1.165) is 30.8 Å². The van der Waals surface area contributed by atoms with Crippen LogP contribution in [0.3, 0.4) is 0 Å². The number of carbonyl (C=O) groups is 1. The van der Waals surface area contributed by atoms with Gasteiger partial charge in [0.2, 0.25) is 0 Å². The molecule has 4 nitrogen and oxygen atoms in total. The number of benzene rings is 1. The van der Waals surface area contributed by atoms with E-state index in [1.54, 1.807) is 0 Å². The third-order valence-corrected chi connectivity index (χ3v) is 3.16. The summed E-state index contributed by atoms with van der Waals surface area (Å²) in [7, 11) is 0. The van der Waals surface area contributed by atoms with Crippen LogP contribution in [0.25, 0.3) is 0 Å². The molecule has 4 heteroatoms. The number of rotatable bonds is 6. The zero-order valence-corrected chi connectivity index (χ0v) is 12.2. The fourth-order valence-electron chi connectivity index (χ4n) is 2.05. The molecule has 0 aliphatic rings. The van der Waals surface area contributed by atoms with Gasteiger partial charge in [0.15, 0.2) is 0 Å². The number of hydrogen-bond acceptors (Lipinski definition) is 2. The van der Waals surface area contributed by atoms with E-state index >= 15 is 0 Å². The maximum atomic E-state index is 12.5. The summed E-state index contributed by atoms with van der Waals surface area (Å²) in [6, 6.07) is 8.09. The van der Waals surface area contributed by atoms with E-state index in [4.69, 9.17) is 5.73 Å². The van der Waals surface area contributed by atoms with Crippen molar-refractivity contribution in [2.45, 2.75) is 27.2 Å². The molecule has 0 saturated carbocycles. The first kappa shape index (κ1) is 15.5. The van der Waals surface area contributed by atoms with Crippen molar-refractivity contribution in [1.29, 1.82) is 0 Å². The molecule has 0 aliphatic heterocycles. The van der Waals surface area contributed by atoms with Crippen LogP contribution in [0.2, 0.25) is 0 Å². The molecule has 2 amide bonds. The van der Waals surface area contributed by atoms with Crippen LogP contribution in [0.15, 0.2) is 24.3 Å². The summed E-state index contributed by atoms with van der Waals surface area (Å²) in [6.07, 6.45) is 0.806. The van der Waals surface area contributed by atoms with Crippen molar-refractivity contribution in [3.05, 3.63) is 29.8 Å². The average Bonchev–Trinajstić information content (AvgIpc) is 2.40. The Bertz CT molecular complexity index is 402. The largest absolute Gasteiger partial charge is 0.330 e. The van der Waals surface area contributed by atoms with Gasteiger partial charge in [-0.15, -0.1) is 0 Å². The maximum absolute atomic E-state index is 12.5. The number of urea groups is 1. The van der Waals surface area contributed by atoms with Gasteiger partial charge in [0.25, 0.3) is 0 Å². The van der Waals surface area contributed by atoms with Gasteiger partial charge >= 0.3 is 6.03 Å². The van der Waals surface area contributed by atoms with Crippen LogP contribution in [0.4, 0.5) is 10.5 Å². The Labute approximate surface area is 116 Å². The molecule has 0 heterocycles. The standard InChI is InChI=1S/C15H25N3O/c1-4-17(5-2)15(19)18(11-7-10-16)14-9-6-8-13(3)12-14/h6,8-9,12H,4-5,7,10-11,16H2,1-3H3. The quantitative estimate of drug-likeness (QED) is 0.857. The molecule has 0 atom stereocenters. The molecule has 0 unspecified atom stereocenters. The summed E-state index contributed by atoms with van der Waals surface area (Å²) in [5.41, 5.74) is 7.68. The molecular weight excluding hydrogens is 238 g/mol. The molecule has 1 rings (SSSR count). The first-order valence-corrected chi connectivity index (χ1v) is 6.97. The van der Waals surface area contributed by atoms with Crippen molar-refractivity contribution < 1.29 is 4.79 Å². The minimum absolute atomic E-state index is 0.0593. The summed E-state index contributed by atoms with van der Waals surface area (Å²) in [5.74, 6) is 0. The second-order valence-electron chi connectivity index (χ2n) is 4.59. The summed E-state index contributed by atoms with van der Waals surface area (Å²) >= 11 is 0. The van der Waals surface area contributed by atoms with Crippen molar-refractivity contribution in [2.75, 3.05) is 31.1 Å². The number of nitrogens with two attached hydrogens (primary N) is 1. The Kier molecular flexibility index (Phi) is 6.36. The second-order valence-corrected chi connectivity index (χ2v) is 4.59. The van der Waals surface area contributed by atoms with Crippen LogP contribution >= 0.6 is 0 Å². The Hall–Kier alpha value is -1.55.